The largest absolute Gasteiger partial charge is 0.453 e. The van der Waals surface area contributed by atoms with Gasteiger partial charge in [-0.25, -0.2) is 17.6 Å². The molecule has 0 atom stereocenters. The van der Waals surface area contributed by atoms with Crippen molar-refractivity contribution in [2.45, 2.75) is 64.4 Å². The van der Waals surface area contributed by atoms with Gasteiger partial charge in [-0.1, -0.05) is 57.6 Å². The standard InChI is InChI=1S/C28H28F8O2/c1-2-5-17-8-10-18(11-9-17)6-3-4-7-19-12-21(29)26(22(30)13-19)28(35,36)38-20-14-23(31)27(24(32)15-20)37-16-25(33)34/h4,7,12-18H,2-3,5-6,8-11H2,1H3. The summed E-state index contributed by atoms with van der Waals surface area (Å²) in [4.78, 5) is 0. The van der Waals surface area contributed by atoms with Gasteiger partial charge in [0.05, 0.1) is 0 Å². The van der Waals surface area contributed by atoms with Crippen molar-refractivity contribution in [3.05, 3.63) is 77.1 Å². The lowest BCUT2D eigenvalue weighted by Gasteiger charge is -2.28. The summed E-state index contributed by atoms with van der Waals surface area (Å²) in [5.41, 5.74) is -1.72. The molecule has 1 aliphatic rings. The highest BCUT2D eigenvalue weighted by molar-refractivity contribution is 5.51. The van der Waals surface area contributed by atoms with Crippen LogP contribution in [-0.4, -0.2) is 0 Å². The Kier molecular flexibility index (Phi) is 10.2. The van der Waals surface area contributed by atoms with Crippen LogP contribution in [0.5, 0.6) is 11.5 Å². The van der Waals surface area contributed by atoms with Crippen LogP contribution in [0.15, 0.2) is 42.7 Å². The first-order valence-electron chi connectivity index (χ1n) is 12.4. The van der Waals surface area contributed by atoms with E-state index in [2.05, 4.69) is 16.4 Å². The molecule has 10 heteroatoms. The molecule has 0 amide bonds. The average Bonchev–Trinajstić information content (AvgIpc) is 2.81. The van der Waals surface area contributed by atoms with E-state index in [-0.39, 0.29) is 24.0 Å². The third kappa shape index (κ3) is 7.98. The van der Waals surface area contributed by atoms with Crippen molar-refractivity contribution in [3.8, 4) is 11.5 Å². The van der Waals surface area contributed by atoms with E-state index < -0.39 is 52.5 Å². The molecule has 1 aliphatic carbocycles. The molecule has 2 aromatic rings. The van der Waals surface area contributed by atoms with Crippen LogP contribution >= 0.6 is 0 Å². The Balaban J connectivity index is 1.65. The van der Waals surface area contributed by atoms with E-state index in [9.17, 15) is 35.1 Å². The minimum Gasteiger partial charge on any atom is -0.453 e. The predicted octanol–water partition coefficient (Wildman–Crippen LogP) is 9.89. The topological polar surface area (TPSA) is 18.5 Å². The van der Waals surface area contributed by atoms with Crippen molar-refractivity contribution >= 4 is 6.08 Å². The molecular weight excluding hydrogens is 520 g/mol. The van der Waals surface area contributed by atoms with Crippen LogP contribution in [0.25, 0.3) is 6.08 Å². The summed E-state index contributed by atoms with van der Waals surface area (Å²) >= 11 is 0. The Morgan fingerprint density at radius 2 is 1.42 bits per heavy atom. The smallest absolute Gasteiger partial charge is 0.432 e. The number of hydrogen-bond donors (Lipinski definition) is 0. The van der Waals surface area contributed by atoms with Crippen LogP contribution in [0.2, 0.25) is 0 Å². The van der Waals surface area contributed by atoms with Crippen LogP contribution in [-0.2, 0) is 6.11 Å². The summed E-state index contributed by atoms with van der Waals surface area (Å²) in [5, 5.41) is 0. The summed E-state index contributed by atoms with van der Waals surface area (Å²) in [6.45, 7) is 2.18. The number of alkyl halides is 2. The van der Waals surface area contributed by atoms with Crippen molar-refractivity contribution in [1.82, 2.24) is 0 Å². The molecule has 0 radical (unpaired) electrons. The van der Waals surface area contributed by atoms with Gasteiger partial charge < -0.3 is 9.47 Å². The van der Waals surface area contributed by atoms with E-state index in [4.69, 9.17) is 0 Å². The molecule has 1 fully saturated rings. The highest BCUT2D eigenvalue weighted by Crippen LogP contribution is 2.38. The van der Waals surface area contributed by atoms with Gasteiger partial charge in [-0.3, -0.25) is 0 Å². The molecule has 0 aromatic heterocycles. The average molecular weight is 549 g/mol. The second kappa shape index (κ2) is 13.2. The second-order valence-corrected chi connectivity index (χ2v) is 9.37. The lowest BCUT2D eigenvalue weighted by atomic mass is 9.78. The summed E-state index contributed by atoms with van der Waals surface area (Å²) < 4.78 is 119. The Hall–Kier alpha value is -3.04. The maximum atomic E-state index is 14.6. The zero-order valence-electron chi connectivity index (χ0n) is 20.7. The molecule has 0 unspecified atom stereocenters. The van der Waals surface area contributed by atoms with Gasteiger partial charge in [-0.15, -0.1) is 0 Å². The van der Waals surface area contributed by atoms with Crippen LogP contribution < -0.4 is 9.47 Å². The van der Waals surface area contributed by atoms with Crippen molar-refractivity contribution in [2.24, 2.45) is 11.8 Å². The van der Waals surface area contributed by atoms with E-state index in [0.29, 0.717) is 24.5 Å². The maximum absolute atomic E-state index is 14.6. The SMILES string of the molecule is CCCC1CCC(CCC=Cc2cc(F)c(C(F)(F)Oc3cc(F)c(OC=C(F)F)c(F)c3)c(F)c2)CC1. The molecule has 0 saturated heterocycles. The lowest BCUT2D eigenvalue weighted by Crippen LogP contribution is -2.25. The van der Waals surface area contributed by atoms with Crippen molar-refractivity contribution in [1.29, 1.82) is 0 Å². The van der Waals surface area contributed by atoms with Crippen molar-refractivity contribution in [2.75, 3.05) is 0 Å². The first kappa shape index (κ1) is 29.5. The fourth-order valence-electron chi connectivity index (χ4n) is 4.75. The molecule has 1 saturated carbocycles. The number of rotatable bonds is 11. The van der Waals surface area contributed by atoms with E-state index in [1.54, 1.807) is 6.08 Å². The zero-order valence-corrected chi connectivity index (χ0v) is 20.7. The van der Waals surface area contributed by atoms with Crippen molar-refractivity contribution < 1.29 is 44.6 Å². The number of halogens is 8. The van der Waals surface area contributed by atoms with Gasteiger partial charge in [0, 0.05) is 12.1 Å². The van der Waals surface area contributed by atoms with Gasteiger partial charge in [-0.05, 0) is 42.4 Å². The third-order valence-electron chi connectivity index (χ3n) is 6.55. The highest BCUT2D eigenvalue weighted by atomic mass is 19.3. The molecular formula is C28H28F8O2. The molecule has 0 aliphatic heterocycles. The zero-order chi connectivity index (χ0) is 27.9. The molecule has 2 nitrogen and oxygen atoms in total. The van der Waals surface area contributed by atoms with Crippen LogP contribution in [0.3, 0.4) is 0 Å². The molecule has 0 bridgehead atoms. The quantitative estimate of drug-likeness (QED) is 0.206. The Bertz CT molecular complexity index is 1100. The fourth-order valence-corrected chi connectivity index (χ4v) is 4.75. The summed E-state index contributed by atoms with van der Waals surface area (Å²) in [5.74, 6) is -7.59. The van der Waals surface area contributed by atoms with Crippen LogP contribution in [0, 0.1) is 35.1 Å². The second-order valence-electron chi connectivity index (χ2n) is 9.37. The number of benzene rings is 2. The molecule has 0 heterocycles. The molecule has 38 heavy (non-hydrogen) atoms. The molecule has 208 valence electrons. The number of hydrogen-bond acceptors (Lipinski definition) is 2. The molecule has 2 aromatic carbocycles. The lowest BCUT2D eigenvalue weighted by molar-refractivity contribution is -0.189. The van der Waals surface area contributed by atoms with E-state index in [1.807, 2.05) is 0 Å². The van der Waals surface area contributed by atoms with Gasteiger partial charge in [0.15, 0.2) is 23.6 Å². The van der Waals surface area contributed by atoms with Crippen LogP contribution in [0.1, 0.15) is 69.4 Å². The van der Waals surface area contributed by atoms with Gasteiger partial charge in [0.2, 0.25) is 0 Å². The van der Waals surface area contributed by atoms with Gasteiger partial charge in [0.25, 0.3) is 0 Å². The summed E-state index contributed by atoms with van der Waals surface area (Å²) in [6, 6.07) is 1.83. The normalized spacial score (nSPS) is 18.0. The first-order chi connectivity index (χ1) is 18.0. The molecule has 0 N–H and O–H groups in total. The summed E-state index contributed by atoms with van der Waals surface area (Å²) in [6.07, 6.45) is 4.65. The fraction of sp³-hybridized carbons (Fsp3) is 0.429. The molecule has 0 spiro atoms. The van der Waals surface area contributed by atoms with E-state index in [1.165, 1.54) is 31.8 Å². The van der Waals surface area contributed by atoms with Crippen LogP contribution in [0.4, 0.5) is 35.1 Å². The van der Waals surface area contributed by atoms with Gasteiger partial charge in [-0.2, -0.15) is 17.6 Å². The number of ether oxygens (including phenoxy) is 2. The minimum absolute atomic E-state index is 0.0259. The van der Waals surface area contributed by atoms with Gasteiger partial charge >= 0.3 is 12.2 Å². The predicted molar refractivity (Wildman–Crippen MR) is 127 cm³/mol. The van der Waals surface area contributed by atoms with E-state index >= 15 is 0 Å². The monoisotopic (exact) mass is 548 g/mol. The van der Waals surface area contributed by atoms with Crippen molar-refractivity contribution in [3.63, 3.8) is 0 Å². The Morgan fingerprint density at radius 1 is 0.868 bits per heavy atom. The Morgan fingerprint density at radius 3 is 1.95 bits per heavy atom. The number of allylic oxidation sites excluding steroid dienone is 1. The van der Waals surface area contributed by atoms with Gasteiger partial charge in [0.1, 0.15) is 22.9 Å². The maximum Gasteiger partial charge on any atom is 0.432 e. The third-order valence-corrected chi connectivity index (χ3v) is 6.55. The summed E-state index contributed by atoms with van der Waals surface area (Å²) in [7, 11) is 0. The first-order valence-corrected chi connectivity index (χ1v) is 12.4. The highest BCUT2D eigenvalue weighted by Gasteiger charge is 2.41. The Labute approximate surface area is 215 Å². The minimum atomic E-state index is -4.65. The molecule has 3 rings (SSSR count). The van der Waals surface area contributed by atoms with E-state index in [0.717, 1.165) is 25.2 Å².